The van der Waals surface area contributed by atoms with Crippen LogP contribution in [0, 0.1) is 12.7 Å². The first kappa shape index (κ1) is 16.0. The van der Waals surface area contributed by atoms with Gasteiger partial charge in [-0.25, -0.2) is 4.39 Å². The van der Waals surface area contributed by atoms with Crippen LogP contribution < -0.4 is 4.90 Å². The van der Waals surface area contributed by atoms with E-state index in [2.05, 4.69) is 41.0 Å². The maximum atomic E-state index is 13.7. The summed E-state index contributed by atoms with van der Waals surface area (Å²) < 4.78 is 13.7. The molecule has 2 aromatic rings. The molecule has 1 saturated heterocycles. The van der Waals surface area contributed by atoms with E-state index in [0.29, 0.717) is 12.1 Å². The molecule has 4 heteroatoms. The SMILES string of the molecule is Cc1cccc(N2CCN(C[C@@H](O)c3ccccc3F)CC2)c1. The lowest BCUT2D eigenvalue weighted by atomic mass is 10.1. The summed E-state index contributed by atoms with van der Waals surface area (Å²) in [5.41, 5.74) is 2.90. The number of aliphatic hydroxyl groups is 1. The Labute approximate surface area is 137 Å². The summed E-state index contributed by atoms with van der Waals surface area (Å²) in [5, 5.41) is 10.3. The second kappa shape index (κ2) is 7.11. The fourth-order valence-electron chi connectivity index (χ4n) is 3.10. The van der Waals surface area contributed by atoms with Crippen molar-refractivity contribution >= 4 is 5.69 Å². The summed E-state index contributed by atoms with van der Waals surface area (Å²) >= 11 is 0. The van der Waals surface area contributed by atoms with Crippen LogP contribution in [0.3, 0.4) is 0 Å². The van der Waals surface area contributed by atoms with Crippen molar-refractivity contribution in [3.8, 4) is 0 Å². The van der Waals surface area contributed by atoms with E-state index in [4.69, 9.17) is 0 Å². The third-order valence-electron chi connectivity index (χ3n) is 4.43. The summed E-state index contributed by atoms with van der Waals surface area (Å²) in [6, 6.07) is 15.0. The maximum Gasteiger partial charge on any atom is 0.129 e. The van der Waals surface area contributed by atoms with Crippen molar-refractivity contribution < 1.29 is 9.50 Å². The molecule has 0 saturated carbocycles. The molecule has 1 heterocycles. The van der Waals surface area contributed by atoms with E-state index in [1.807, 2.05) is 0 Å². The lowest BCUT2D eigenvalue weighted by Gasteiger charge is -2.37. The van der Waals surface area contributed by atoms with Gasteiger partial charge in [-0.05, 0) is 30.7 Å². The number of piperazine rings is 1. The summed E-state index contributed by atoms with van der Waals surface area (Å²) in [6.07, 6.45) is -0.776. The van der Waals surface area contributed by atoms with Gasteiger partial charge in [-0.2, -0.15) is 0 Å². The highest BCUT2D eigenvalue weighted by atomic mass is 19.1. The molecule has 0 bridgehead atoms. The molecule has 0 aromatic heterocycles. The predicted molar refractivity (Wildman–Crippen MR) is 91.2 cm³/mol. The van der Waals surface area contributed by atoms with Crippen molar-refractivity contribution in [2.45, 2.75) is 13.0 Å². The number of nitrogens with zero attached hydrogens (tertiary/aromatic N) is 2. The lowest BCUT2D eigenvalue weighted by molar-refractivity contribution is 0.106. The summed E-state index contributed by atoms with van der Waals surface area (Å²) in [4.78, 5) is 4.56. The van der Waals surface area contributed by atoms with Crippen LogP contribution in [0.2, 0.25) is 0 Å². The smallest absolute Gasteiger partial charge is 0.129 e. The first-order valence-corrected chi connectivity index (χ1v) is 8.10. The molecule has 0 spiro atoms. The van der Waals surface area contributed by atoms with Crippen LogP contribution in [-0.4, -0.2) is 42.7 Å². The van der Waals surface area contributed by atoms with Crippen LogP contribution in [0.1, 0.15) is 17.2 Å². The third kappa shape index (κ3) is 3.89. The van der Waals surface area contributed by atoms with Gasteiger partial charge in [0.2, 0.25) is 0 Å². The first-order valence-electron chi connectivity index (χ1n) is 8.10. The number of aliphatic hydroxyl groups excluding tert-OH is 1. The molecule has 23 heavy (non-hydrogen) atoms. The van der Waals surface area contributed by atoms with Crippen LogP contribution in [0.4, 0.5) is 10.1 Å². The van der Waals surface area contributed by atoms with Crippen LogP contribution in [0.15, 0.2) is 48.5 Å². The molecule has 122 valence electrons. The van der Waals surface area contributed by atoms with Gasteiger partial charge in [0.05, 0.1) is 6.10 Å². The fraction of sp³-hybridized carbons (Fsp3) is 0.368. The molecule has 2 aromatic carbocycles. The van der Waals surface area contributed by atoms with Gasteiger partial charge in [-0.1, -0.05) is 30.3 Å². The number of hydrogen-bond acceptors (Lipinski definition) is 3. The molecule has 0 aliphatic carbocycles. The molecule has 1 atom stereocenters. The van der Waals surface area contributed by atoms with Crippen molar-refractivity contribution in [2.75, 3.05) is 37.6 Å². The van der Waals surface area contributed by atoms with Crippen molar-refractivity contribution in [3.63, 3.8) is 0 Å². The zero-order chi connectivity index (χ0) is 16.2. The Morgan fingerprint density at radius 1 is 1.04 bits per heavy atom. The van der Waals surface area contributed by atoms with Crippen molar-refractivity contribution in [1.82, 2.24) is 4.90 Å². The maximum absolute atomic E-state index is 13.7. The third-order valence-corrected chi connectivity index (χ3v) is 4.43. The number of benzene rings is 2. The Morgan fingerprint density at radius 3 is 2.48 bits per heavy atom. The monoisotopic (exact) mass is 314 g/mol. The van der Waals surface area contributed by atoms with Gasteiger partial charge in [0.25, 0.3) is 0 Å². The second-order valence-electron chi connectivity index (χ2n) is 6.16. The number of β-amino-alcohol motifs (C(OH)–C–C–N with tert-alkyl or cyclic N) is 1. The Kier molecular flexibility index (Phi) is 4.94. The standard InChI is InChI=1S/C19H23FN2O/c1-15-5-4-6-16(13-15)22-11-9-21(10-12-22)14-19(23)17-7-2-3-8-18(17)20/h2-8,13,19,23H,9-12,14H2,1H3/t19-/m1/s1. The highest BCUT2D eigenvalue weighted by molar-refractivity contribution is 5.48. The zero-order valence-corrected chi connectivity index (χ0v) is 13.5. The van der Waals surface area contributed by atoms with Gasteiger partial charge >= 0.3 is 0 Å². The molecule has 1 N–H and O–H groups in total. The quantitative estimate of drug-likeness (QED) is 0.940. The largest absolute Gasteiger partial charge is 0.387 e. The van der Waals surface area contributed by atoms with E-state index in [1.54, 1.807) is 18.2 Å². The average molecular weight is 314 g/mol. The Hall–Kier alpha value is -1.91. The highest BCUT2D eigenvalue weighted by Gasteiger charge is 2.21. The van der Waals surface area contributed by atoms with Crippen LogP contribution in [0.25, 0.3) is 0 Å². The van der Waals surface area contributed by atoms with E-state index < -0.39 is 6.10 Å². The minimum atomic E-state index is -0.776. The fourth-order valence-corrected chi connectivity index (χ4v) is 3.10. The number of rotatable bonds is 4. The molecule has 0 amide bonds. The van der Waals surface area contributed by atoms with Crippen molar-refractivity contribution in [3.05, 3.63) is 65.5 Å². The van der Waals surface area contributed by atoms with Crippen LogP contribution >= 0.6 is 0 Å². The van der Waals surface area contributed by atoms with Gasteiger partial charge in [-0.3, -0.25) is 4.90 Å². The average Bonchev–Trinajstić information content (AvgIpc) is 2.56. The first-order chi connectivity index (χ1) is 11.1. The minimum absolute atomic E-state index is 0.335. The highest BCUT2D eigenvalue weighted by Crippen LogP contribution is 2.21. The van der Waals surface area contributed by atoms with E-state index in [0.717, 1.165) is 26.2 Å². The number of aryl methyl sites for hydroxylation is 1. The van der Waals surface area contributed by atoms with E-state index >= 15 is 0 Å². The summed E-state index contributed by atoms with van der Waals surface area (Å²) in [5.74, 6) is -0.335. The molecule has 1 aliphatic rings. The van der Waals surface area contributed by atoms with Crippen molar-refractivity contribution in [1.29, 1.82) is 0 Å². The lowest BCUT2D eigenvalue weighted by Crippen LogP contribution is -2.47. The van der Waals surface area contributed by atoms with Gasteiger partial charge in [-0.15, -0.1) is 0 Å². The number of halogens is 1. The Bertz CT molecular complexity index is 653. The summed E-state index contributed by atoms with van der Waals surface area (Å²) in [7, 11) is 0. The predicted octanol–water partition coefficient (Wildman–Crippen LogP) is 2.99. The molecular weight excluding hydrogens is 291 g/mol. The van der Waals surface area contributed by atoms with Gasteiger partial charge in [0.1, 0.15) is 5.82 Å². The topological polar surface area (TPSA) is 26.7 Å². The van der Waals surface area contributed by atoms with Crippen LogP contribution in [-0.2, 0) is 0 Å². The minimum Gasteiger partial charge on any atom is -0.387 e. The normalized spacial score (nSPS) is 17.3. The molecule has 0 unspecified atom stereocenters. The van der Waals surface area contributed by atoms with E-state index in [9.17, 15) is 9.50 Å². The molecule has 0 radical (unpaired) electrons. The molecule has 1 aliphatic heterocycles. The zero-order valence-electron chi connectivity index (χ0n) is 13.5. The summed E-state index contributed by atoms with van der Waals surface area (Å²) in [6.45, 7) is 6.17. The second-order valence-corrected chi connectivity index (χ2v) is 6.16. The molecule has 3 rings (SSSR count). The van der Waals surface area contributed by atoms with Gasteiger partial charge in [0, 0.05) is 44.0 Å². The molecular formula is C19H23FN2O. The number of anilines is 1. The Balaban J connectivity index is 1.56. The molecule has 1 fully saturated rings. The van der Waals surface area contributed by atoms with E-state index in [-0.39, 0.29) is 5.82 Å². The van der Waals surface area contributed by atoms with Gasteiger partial charge in [0.15, 0.2) is 0 Å². The van der Waals surface area contributed by atoms with Crippen LogP contribution in [0.5, 0.6) is 0 Å². The van der Waals surface area contributed by atoms with Crippen molar-refractivity contribution in [2.24, 2.45) is 0 Å². The Morgan fingerprint density at radius 2 is 1.78 bits per heavy atom. The van der Waals surface area contributed by atoms with E-state index in [1.165, 1.54) is 17.3 Å². The molecule has 3 nitrogen and oxygen atoms in total. The van der Waals surface area contributed by atoms with Gasteiger partial charge < -0.3 is 10.0 Å². The number of hydrogen-bond donors (Lipinski definition) is 1.